The van der Waals surface area contributed by atoms with E-state index in [1.165, 1.54) is 15.5 Å². The van der Waals surface area contributed by atoms with Crippen molar-refractivity contribution in [2.75, 3.05) is 0 Å². The molecule has 0 aliphatic carbocycles. The summed E-state index contributed by atoms with van der Waals surface area (Å²) in [6.45, 7) is 0. The van der Waals surface area contributed by atoms with Crippen LogP contribution in [0.3, 0.4) is 0 Å². The number of aromatic nitrogens is 1. The Morgan fingerprint density at radius 1 is 0.944 bits per heavy atom. The highest BCUT2D eigenvalue weighted by atomic mass is 32.1. The lowest BCUT2D eigenvalue weighted by atomic mass is 10.1. The minimum absolute atomic E-state index is 0.834. The van der Waals surface area contributed by atoms with Crippen molar-refractivity contribution in [3.63, 3.8) is 0 Å². The van der Waals surface area contributed by atoms with E-state index in [0.717, 1.165) is 16.3 Å². The number of hydrogen-bond donors (Lipinski definition) is 0. The SMILES string of the molecule is c1coc(-c2nc3cc4ccccc4cc3s2)c1. The molecule has 0 saturated carbocycles. The van der Waals surface area contributed by atoms with Gasteiger partial charge in [0.05, 0.1) is 16.5 Å². The van der Waals surface area contributed by atoms with Gasteiger partial charge >= 0.3 is 0 Å². The minimum atomic E-state index is 0.834. The Bertz CT molecular complexity index is 778. The zero-order chi connectivity index (χ0) is 11.9. The molecule has 0 fully saturated rings. The highest BCUT2D eigenvalue weighted by molar-refractivity contribution is 7.21. The van der Waals surface area contributed by atoms with E-state index in [4.69, 9.17) is 4.42 Å². The van der Waals surface area contributed by atoms with Gasteiger partial charge < -0.3 is 4.42 Å². The third-order valence-electron chi connectivity index (χ3n) is 2.99. The van der Waals surface area contributed by atoms with Gasteiger partial charge in [0.15, 0.2) is 10.8 Å². The average molecular weight is 251 g/mol. The van der Waals surface area contributed by atoms with Crippen molar-refractivity contribution in [2.45, 2.75) is 0 Å². The molecule has 3 heteroatoms. The molecule has 0 bridgehead atoms. The smallest absolute Gasteiger partial charge is 0.162 e. The normalized spacial score (nSPS) is 11.3. The van der Waals surface area contributed by atoms with Crippen molar-refractivity contribution in [3.8, 4) is 10.8 Å². The van der Waals surface area contributed by atoms with Crippen molar-refractivity contribution >= 4 is 32.3 Å². The van der Waals surface area contributed by atoms with Crippen LogP contribution in [0.4, 0.5) is 0 Å². The Morgan fingerprint density at radius 3 is 2.56 bits per heavy atom. The molecular formula is C15H9NOS. The van der Waals surface area contributed by atoms with Crippen LogP contribution < -0.4 is 0 Å². The summed E-state index contributed by atoms with van der Waals surface area (Å²) in [5, 5.41) is 3.41. The molecule has 2 aromatic carbocycles. The summed E-state index contributed by atoms with van der Waals surface area (Å²) >= 11 is 1.66. The lowest BCUT2D eigenvalue weighted by molar-refractivity contribution is 0.582. The van der Waals surface area contributed by atoms with Crippen LogP contribution in [0.2, 0.25) is 0 Å². The van der Waals surface area contributed by atoms with Crippen molar-refractivity contribution in [1.82, 2.24) is 4.98 Å². The van der Waals surface area contributed by atoms with Gasteiger partial charge in [-0.05, 0) is 35.0 Å². The van der Waals surface area contributed by atoms with Gasteiger partial charge in [0, 0.05) is 0 Å². The molecule has 0 spiro atoms. The summed E-state index contributed by atoms with van der Waals surface area (Å²) in [5.74, 6) is 0.834. The fourth-order valence-corrected chi connectivity index (χ4v) is 3.08. The minimum Gasteiger partial charge on any atom is -0.462 e. The predicted molar refractivity (Wildman–Crippen MR) is 74.8 cm³/mol. The van der Waals surface area contributed by atoms with Gasteiger partial charge in [-0.3, -0.25) is 0 Å². The number of furan rings is 1. The van der Waals surface area contributed by atoms with Gasteiger partial charge in [0.2, 0.25) is 0 Å². The van der Waals surface area contributed by atoms with Crippen LogP contribution in [-0.2, 0) is 0 Å². The van der Waals surface area contributed by atoms with Crippen LogP contribution in [0.5, 0.6) is 0 Å². The largest absolute Gasteiger partial charge is 0.462 e. The molecule has 18 heavy (non-hydrogen) atoms. The standard InChI is InChI=1S/C15H9NOS/c1-2-5-11-9-14-12(8-10(11)4-1)16-15(18-14)13-6-3-7-17-13/h1-9H. The maximum atomic E-state index is 5.39. The fourth-order valence-electron chi connectivity index (χ4n) is 2.12. The molecule has 86 valence electrons. The third kappa shape index (κ3) is 1.45. The number of hydrogen-bond acceptors (Lipinski definition) is 3. The Kier molecular flexibility index (Phi) is 2.02. The number of thiazole rings is 1. The molecule has 4 rings (SSSR count). The summed E-state index contributed by atoms with van der Waals surface area (Å²) in [4.78, 5) is 4.63. The molecule has 0 unspecified atom stereocenters. The van der Waals surface area contributed by atoms with E-state index in [0.29, 0.717) is 0 Å². The summed E-state index contributed by atoms with van der Waals surface area (Å²) < 4.78 is 6.59. The molecular weight excluding hydrogens is 242 g/mol. The molecule has 0 saturated heterocycles. The average Bonchev–Trinajstić information content (AvgIpc) is 3.04. The van der Waals surface area contributed by atoms with E-state index < -0.39 is 0 Å². The zero-order valence-corrected chi connectivity index (χ0v) is 10.3. The van der Waals surface area contributed by atoms with Crippen molar-refractivity contribution in [2.24, 2.45) is 0 Å². The molecule has 4 aromatic rings. The summed E-state index contributed by atoms with van der Waals surface area (Å²) in [6.07, 6.45) is 1.68. The zero-order valence-electron chi connectivity index (χ0n) is 9.46. The van der Waals surface area contributed by atoms with Crippen LogP contribution >= 0.6 is 11.3 Å². The van der Waals surface area contributed by atoms with E-state index >= 15 is 0 Å². The number of benzene rings is 2. The van der Waals surface area contributed by atoms with Crippen LogP contribution in [0.25, 0.3) is 31.8 Å². The first-order valence-corrected chi connectivity index (χ1v) is 6.55. The molecule has 0 atom stereocenters. The van der Waals surface area contributed by atoms with E-state index in [1.807, 2.05) is 18.2 Å². The van der Waals surface area contributed by atoms with Gasteiger partial charge in [-0.2, -0.15) is 0 Å². The van der Waals surface area contributed by atoms with E-state index in [2.05, 4.69) is 35.3 Å². The molecule has 2 aromatic heterocycles. The van der Waals surface area contributed by atoms with Gasteiger partial charge in [0.1, 0.15) is 0 Å². The second kappa shape index (κ2) is 3.68. The Morgan fingerprint density at radius 2 is 1.78 bits per heavy atom. The van der Waals surface area contributed by atoms with E-state index in [-0.39, 0.29) is 0 Å². The van der Waals surface area contributed by atoms with E-state index in [9.17, 15) is 0 Å². The third-order valence-corrected chi connectivity index (χ3v) is 4.02. The molecule has 2 nitrogen and oxygen atoms in total. The van der Waals surface area contributed by atoms with Crippen molar-refractivity contribution < 1.29 is 4.42 Å². The van der Waals surface area contributed by atoms with Crippen LogP contribution in [-0.4, -0.2) is 4.98 Å². The highest BCUT2D eigenvalue weighted by Gasteiger charge is 2.09. The first-order chi connectivity index (χ1) is 8.90. The lowest BCUT2D eigenvalue weighted by Crippen LogP contribution is -1.73. The highest BCUT2D eigenvalue weighted by Crippen LogP contribution is 2.32. The van der Waals surface area contributed by atoms with Gasteiger partial charge in [-0.15, -0.1) is 11.3 Å². The van der Waals surface area contributed by atoms with Crippen molar-refractivity contribution in [1.29, 1.82) is 0 Å². The first kappa shape index (κ1) is 9.85. The lowest BCUT2D eigenvalue weighted by Gasteiger charge is -1.95. The maximum Gasteiger partial charge on any atom is 0.162 e. The summed E-state index contributed by atoms with van der Waals surface area (Å²) in [7, 11) is 0. The molecule has 0 amide bonds. The summed E-state index contributed by atoms with van der Waals surface area (Å²) in [6, 6.07) is 16.5. The quantitative estimate of drug-likeness (QED) is 0.489. The van der Waals surface area contributed by atoms with Gasteiger partial charge in [-0.25, -0.2) is 4.98 Å². The predicted octanol–water partition coefficient (Wildman–Crippen LogP) is 4.71. The molecule has 0 aliphatic rings. The fraction of sp³-hybridized carbons (Fsp3) is 0. The number of nitrogens with zero attached hydrogens (tertiary/aromatic N) is 1. The van der Waals surface area contributed by atoms with Crippen molar-refractivity contribution in [3.05, 3.63) is 54.8 Å². The second-order valence-corrected chi connectivity index (χ2v) is 5.19. The topological polar surface area (TPSA) is 26.0 Å². The second-order valence-electron chi connectivity index (χ2n) is 4.16. The molecule has 0 radical (unpaired) electrons. The summed E-state index contributed by atoms with van der Waals surface area (Å²) in [5.41, 5.74) is 1.03. The van der Waals surface area contributed by atoms with E-state index in [1.54, 1.807) is 17.6 Å². The van der Waals surface area contributed by atoms with Gasteiger partial charge in [0.25, 0.3) is 0 Å². The number of rotatable bonds is 1. The Hall–Kier alpha value is -2.13. The van der Waals surface area contributed by atoms with Crippen LogP contribution in [0, 0.1) is 0 Å². The number of fused-ring (bicyclic) bond motifs is 2. The Labute approximate surface area is 108 Å². The Balaban J connectivity index is 2.02. The van der Waals surface area contributed by atoms with Gasteiger partial charge in [-0.1, -0.05) is 24.3 Å². The molecule has 0 N–H and O–H groups in total. The van der Waals surface area contributed by atoms with Crippen LogP contribution in [0.1, 0.15) is 0 Å². The molecule has 2 heterocycles. The maximum absolute atomic E-state index is 5.39. The molecule has 0 aliphatic heterocycles. The first-order valence-electron chi connectivity index (χ1n) is 5.73. The monoisotopic (exact) mass is 251 g/mol. The van der Waals surface area contributed by atoms with Crippen LogP contribution in [0.15, 0.2) is 59.2 Å².